The molecule has 0 aliphatic heterocycles. The van der Waals surface area contributed by atoms with E-state index in [4.69, 9.17) is 4.74 Å². The molecule has 0 N–H and O–H groups in total. The van der Waals surface area contributed by atoms with Crippen LogP contribution in [0, 0.1) is 0 Å². The molecule has 1 aliphatic carbocycles. The number of carbonyl (C=O) groups is 1. The molecule has 0 saturated heterocycles. The Morgan fingerprint density at radius 1 is 0.828 bits per heavy atom. The van der Waals surface area contributed by atoms with Gasteiger partial charge in [-0.05, 0) is 37.0 Å². The molecule has 2 heteroatoms. The van der Waals surface area contributed by atoms with Gasteiger partial charge in [0.2, 0.25) is 0 Å². The quantitative estimate of drug-likeness (QED) is 0.538. The molecule has 2 nitrogen and oxygen atoms in total. The number of hydrogen-bond donors (Lipinski definition) is 0. The Morgan fingerprint density at radius 3 is 1.79 bits per heavy atom. The number of benzene rings is 3. The molecular weight excluding hydrogens is 356 g/mol. The third-order valence-electron chi connectivity index (χ3n) is 5.96. The van der Waals surface area contributed by atoms with Crippen molar-refractivity contribution in [3.63, 3.8) is 0 Å². The van der Waals surface area contributed by atoms with Gasteiger partial charge in [-0.3, -0.25) is 4.79 Å². The lowest BCUT2D eigenvalue weighted by atomic mass is 9.60. The van der Waals surface area contributed by atoms with Crippen molar-refractivity contribution in [3.05, 3.63) is 119 Å². The minimum Gasteiger partial charge on any atom is -0.497 e. The fourth-order valence-electron chi connectivity index (χ4n) is 4.61. The van der Waals surface area contributed by atoms with Crippen LogP contribution in [0.2, 0.25) is 0 Å². The molecule has 0 radical (unpaired) electrons. The van der Waals surface area contributed by atoms with E-state index in [1.54, 1.807) is 0 Å². The molecule has 0 spiro atoms. The average molecular weight is 383 g/mol. The Hall–Kier alpha value is -3.13. The highest BCUT2D eigenvalue weighted by Crippen LogP contribution is 2.50. The van der Waals surface area contributed by atoms with Crippen LogP contribution in [-0.4, -0.2) is 12.4 Å². The first-order valence-corrected chi connectivity index (χ1v) is 10.2. The van der Waals surface area contributed by atoms with Crippen molar-refractivity contribution in [2.45, 2.75) is 31.6 Å². The van der Waals surface area contributed by atoms with Gasteiger partial charge < -0.3 is 4.74 Å². The summed E-state index contributed by atoms with van der Waals surface area (Å²) in [5.41, 5.74) is 3.24. The maximum Gasteiger partial charge on any atom is 0.176 e. The summed E-state index contributed by atoms with van der Waals surface area (Å²) in [6.07, 6.45) is 0.649. The first-order valence-electron chi connectivity index (χ1n) is 10.2. The highest BCUT2D eigenvalue weighted by molar-refractivity contribution is 6.07. The largest absolute Gasteiger partial charge is 0.497 e. The zero-order valence-electron chi connectivity index (χ0n) is 17.0. The molecule has 1 atom stereocenters. The minimum absolute atomic E-state index is 0.0225. The summed E-state index contributed by atoms with van der Waals surface area (Å²) in [5, 5.41) is 0. The van der Waals surface area contributed by atoms with Crippen molar-refractivity contribution >= 4 is 5.78 Å². The second-order valence-electron chi connectivity index (χ2n) is 7.56. The standard InChI is InChI=1S/C27H26O2/c1-3-29-25-20(2)26(28)27(22-15-9-5-10-16-22,23-17-11-6-12-18-23)19-24(25)21-13-7-4-8-14-21/h4-18,24H,3,19H2,1-2H3/t24-/m1/s1. The minimum atomic E-state index is -0.728. The van der Waals surface area contributed by atoms with Crippen LogP contribution < -0.4 is 0 Å². The van der Waals surface area contributed by atoms with E-state index in [0.717, 1.165) is 22.5 Å². The van der Waals surface area contributed by atoms with Gasteiger partial charge in [-0.25, -0.2) is 0 Å². The van der Waals surface area contributed by atoms with Crippen molar-refractivity contribution in [2.24, 2.45) is 0 Å². The Labute approximate surface area is 172 Å². The Balaban J connectivity index is 1.98. The van der Waals surface area contributed by atoms with Gasteiger partial charge in [-0.1, -0.05) is 91.0 Å². The zero-order valence-corrected chi connectivity index (χ0v) is 17.0. The molecule has 0 aromatic heterocycles. The van der Waals surface area contributed by atoms with E-state index >= 15 is 0 Å². The molecule has 0 amide bonds. The van der Waals surface area contributed by atoms with Gasteiger partial charge in [0.15, 0.2) is 5.78 Å². The lowest BCUT2D eigenvalue weighted by molar-refractivity contribution is -0.121. The normalized spacial score (nSPS) is 18.6. The van der Waals surface area contributed by atoms with Crippen LogP contribution in [-0.2, 0) is 14.9 Å². The van der Waals surface area contributed by atoms with E-state index in [1.165, 1.54) is 5.56 Å². The maximum atomic E-state index is 14.0. The number of carbonyl (C=O) groups excluding carboxylic acids is 1. The summed E-state index contributed by atoms with van der Waals surface area (Å²) in [7, 11) is 0. The van der Waals surface area contributed by atoms with Gasteiger partial charge in [0, 0.05) is 11.5 Å². The van der Waals surface area contributed by atoms with Crippen molar-refractivity contribution in [3.8, 4) is 0 Å². The van der Waals surface area contributed by atoms with Crippen molar-refractivity contribution in [1.29, 1.82) is 0 Å². The summed E-state index contributed by atoms with van der Waals surface area (Å²) in [6, 6.07) is 30.8. The fourth-order valence-corrected chi connectivity index (χ4v) is 4.61. The average Bonchev–Trinajstić information content (AvgIpc) is 2.79. The number of hydrogen-bond acceptors (Lipinski definition) is 2. The maximum absolute atomic E-state index is 14.0. The second kappa shape index (κ2) is 8.08. The number of allylic oxidation sites excluding steroid dienone is 2. The molecule has 29 heavy (non-hydrogen) atoms. The van der Waals surface area contributed by atoms with Crippen LogP contribution in [0.15, 0.2) is 102 Å². The molecule has 0 saturated carbocycles. The van der Waals surface area contributed by atoms with Crippen molar-refractivity contribution < 1.29 is 9.53 Å². The predicted molar refractivity (Wildman–Crippen MR) is 117 cm³/mol. The predicted octanol–water partition coefficient (Wildman–Crippen LogP) is 6.04. The molecule has 0 heterocycles. The lowest BCUT2D eigenvalue weighted by Crippen LogP contribution is -2.43. The molecule has 0 fully saturated rings. The smallest absolute Gasteiger partial charge is 0.176 e. The van der Waals surface area contributed by atoms with Crippen molar-refractivity contribution in [2.75, 3.05) is 6.61 Å². The SMILES string of the molecule is CCOC1=C(C)C(=O)C(c2ccccc2)(c2ccccc2)C[C@@H]1c1ccccc1. The van der Waals surface area contributed by atoms with E-state index in [2.05, 4.69) is 48.5 Å². The van der Waals surface area contributed by atoms with Gasteiger partial charge in [0.25, 0.3) is 0 Å². The Morgan fingerprint density at radius 2 is 1.31 bits per heavy atom. The van der Waals surface area contributed by atoms with Crippen LogP contribution in [0.4, 0.5) is 0 Å². The molecule has 146 valence electrons. The molecule has 4 rings (SSSR count). The van der Waals surface area contributed by atoms with E-state index in [1.807, 2.05) is 56.3 Å². The van der Waals surface area contributed by atoms with Gasteiger partial charge in [-0.2, -0.15) is 0 Å². The molecule has 0 unspecified atom stereocenters. The number of Topliss-reactive ketones (excluding diaryl/α,β-unsaturated/α-hetero) is 1. The van der Waals surface area contributed by atoms with Gasteiger partial charge in [0.1, 0.15) is 5.76 Å². The Kier molecular flexibility index (Phi) is 5.35. The van der Waals surface area contributed by atoms with E-state index in [0.29, 0.717) is 13.0 Å². The summed E-state index contributed by atoms with van der Waals surface area (Å²) < 4.78 is 6.06. The topological polar surface area (TPSA) is 26.3 Å². The van der Waals surface area contributed by atoms with E-state index in [9.17, 15) is 4.79 Å². The molecule has 1 aliphatic rings. The highest BCUT2D eigenvalue weighted by atomic mass is 16.5. The monoisotopic (exact) mass is 382 g/mol. The van der Waals surface area contributed by atoms with E-state index in [-0.39, 0.29) is 11.7 Å². The first kappa shape index (κ1) is 19.2. The summed E-state index contributed by atoms with van der Waals surface area (Å²) in [6.45, 7) is 4.44. The zero-order chi connectivity index (χ0) is 20.3. The van der Waals surface area contributed by atoms with Crippen LogP contribution in [0.25, 0.3) is 0 Å². The van der Waals surface area contributed by atoms with Gasteiger partial charge in [0.05, 0.1) is 12.0 Å². The molecule has 3 aromatic rings. The van der Waals surface area contributed by atoms with Crippen LogP contribution in [0.3, 0.4) is 0 Å². The fraction of sp³-hybridized carbons (Fsp3) is 0.222. The molecule has 0 bridgehead atoms. The third-order valence-corrected chi connectivity index (χ3v) is 5.96. The summed E-state index contributed by atoms with van der Waals surface area (Å²) in [4.78, 5) is 14.0. The number of ether oxygens (including phenoxy) is 1. The second-order valence-corrected chi connectivity index (χ2v) is 7.56. The third kappa shape index (κ3) is 3.29. The lowest BCUT2D eigenvalue weighted by Gasteiger charge is -2.42. The van der Waals surface area contributed by atoms with Gasteiger partial charge >= 0.3 is 0 Å². The van der Waals surface area contributed by atoms with E-state index < -0.39 is 5.41 Å². The highest BCUT2D eigenvalue weighted by Gasteiger charge is 2.49. The van der Waals surface area contributed by atoms with Crippen LogP contribution >= 0.6 is 0 Å². The van der Waals surface area contributed by atoms with Gasteiger partial charge in [-0.15, -0.1) is 0 Å². The summed E-state index contributed by atoms with van der Waals surface area (Å²) in [5.74, 6) is 0.964. The van der Waals surface area contributed by atoms with Crippen molar-refractivity contribution in [1.82, 2.24) is 0 Å². The summed E-state index contributed by atoms with van der Waals surface area (Å²) >= 11 is 0. The molecular formula is C27H26O2. The molecule has 3 aromatic carbocycles. The number of ketones is 1. The van der Waals surface area contributed by atoms with Crippen LogP contribution in [0.1, 0.15) is 42.9 Å². The van der Waals surface area contributed by atoms with Crippen LogP contribution in [0.5, 0.6) is 0 Å². The first-order chi connectivity index (χ1) is 14.2. The number of rotatable bonds is 5. The Bertz CT molecular complexity index is 965.